The number of ether oxygens (including phenoxy) is 2. The maximum atomic E-state index is 12.0. The van der Waals surface area contributed by atoms with Crippen molar-refractivity contribution in [3.8, 4) is 11.5 Å². The summed E-state index contributed by atoms with van der Waals surface area (Å²) in [7, 11) is 1.59. The minimum absolute atomic E-state index is 0.0341. The van der Waals surface area contributed by atoms with Gasteiger partial charge in [-0.05, 0) is 59.0 Å². The molecule has 2 aromatic carbocycles. The lowest BCUT2D eigenvalue weighted by Crippen LogP contribution is -2.12. The lowest BCUT2D eigenvalue weighted by molar-refractivity contribution is 0.0921. The van der Waals surface area contributed by atoms with Crippen LogP contribution in [0.1, 0.15) is 10.4 Å². The van der Waals surface area contributed by atoms with Crippen LogP contribution in [0.2, 0.25) is 0 Å². The number of hydrogen-bond acceptors (Lipinski definition) is 3. The van der Waals surface area contributed by atoms with Crippen LogP contribution >= 0.6 is 22.6 Å². The van der Waals surface area contributed by atoms with E-state index in [0.29, 0.717) is 5.56 Å². The molecular weight excluding hydrogens is 355 g/mol. The third-order valence-electron chi connectivity index (χ3n) is 2.61. The summed E-state index contributed by atoms with van der Waals surface area (Å²) in [6, 6.07) is 14.6. The van der Waals surface area contributed by atoms with Gasteiger partial charge in [0.1, 0.15) is 11.5 Å². The Labute approximate surface area is 125 Å². The molecule has 0 bridgehead atoms. The number of hydrogen-bond donors (Lipinski definition) is 0. The molecule has 2 aromatic rings. The molecule has 19 heavy (non-hydrogen) atoms. The van der Waals surface area contributed by atoms with Crippen molar-refractivity contribution >= 4 is 28.4 Å². The number of methoxy groups -OCH3 is 1. The zero-order chi connectivity index (χ0) is 13.7. The SMILES string of the molecule is COc1ccc(C(=O)COc2ccccc2I)cc1. The summed E-state index contributed by atoms with van der Waals surface area (Å²) in [5.41, 5.74) is 0.617. The van der Waals surface area contributed by atoms with E-state index in [1.165, 1.54) is 0 Å². The van der Waals surface area contributed by atoms with E-state index < -0.39 is 0 Å². The van der Waals surface area contributed by atoms with Crippen LogP contribution in [0.4, 0.5) is 0 Å². The molecule has 2 rings (SSSR count). The lowest BCUT2D eigenvalue weighted by atomic mass is 10.1. The van der Waals surface area contributed by atoms with Crippen LogP contribution < -0.4 is 9.47 Å². The maximum Gasteiger partial charge on any atom is 0.200 e. The topological polar surface area (TPSA) is 35.5 Å². The van der Waals surface area contributed by atoms with Crippen LogP contribution in [-0.4, -0.2) is 19.5 Å². The van der Waals surface area contributed by atoms with Crippen molar-refractivity contribution in [2.24, 2.45) is 0 Å². The third-order valence-corrected chi connectivity index (χ3v) is 3.50. The van der Waals surface area contributed by atoms with Gasteiger partial charge in [0.05, 0.1) is 10.7 Å². The molecule has 0 aliphatic carbocycles. The molecule has 0 amide bonds. The monoisotopic (exact) mass is 368 g/mol. The van der Waals surface area contributed by atoms with Gasteiger partial charge in [0, 0.05) is 5.56 Å². The Bertz CT molecular complexity index is 564. The molecule has 0 saturated carbocycles. The molecule has 0 spiro atoms. The molecule has 0 aromatic heterocycles. The van der Waals surface area contributed by atoms with Gasteiger partial charge < -0.3 is 9.47 Å². The van der Waals surface area contributed by atoms with Crippen LogP contribution in [0.25, 0.3) is 0 Å². The van der Waals surface area contributed by atoms with Gasteiger partial charge in [0.15, 0.2) is 12.4 Å². The summed E-state index contributed by atoms with van der Waals surface area (Å²) in [6.07, 6.45) is 0. The van der Waals surface area contributed by atoms with Crippen LogP contribution in [0.15, 0.2) is 48.5 Å². The molecule has 3 nitrogen and oxygen atoms in total. The molecule has 0 saturated heterocycles. The molecule has 98 valence electrons. The van der Waals surface area contributed by atoms with E-state index in [9.17, 15) is 4.79 Å². The minimum atomic E-state index is -0.0534. The standard InChI is InChI=1S/C15H13IO3/c1-18-12-8-6-11(7-9-12)14(17)10-19-15-5-3-2-4-13(15)16/h2-9H,10H2,1H3. The Kier molecular flexibility index (Phi) is 4.79. The smallest absolute Gasteiger partial charge is 0.200 e. The molecule has 0 unspecified atom stereocenters. The molecular formula is C15H13IO3. The molecule has 0 aliphatic heterocycles. The van der Waals surface area contributed by atoms with Crippen LogP contribution in [0.5, 0.6) is 11.5 Å². The number of carbonyl (C=O) groups is 1. The zero-order valence-corrected chi connectivity index (χ0v) is 12.6. The molecule has 0 radical (unpaired) electrons. The first-order chi connectivity index (χ1) is 9.20. The second kappa shape index (κ2) is 6.56. The van der Waals surface area contributed by atoms with Crippen molar-refractivity contribution in [2.45, 2.75) is 0 Å². The number of carbonyl (C=O) groups excluding carboxylic acids is 1. The molecule has 0 fully saturated rings. The highest BCUT2D eigenvalue weighted by Gasteiger charge is 2.08. The van der Waals surface area contributed by atoms with Crippen molar-refractivity contribution in [3.63, 3.8) is 0 Å². The fourth-order valence-electron chi connectivity index (χ4n) is 1.57. The van der Waals surface area contributed by atoms with Crippen LogP contribution in [0, 0.1) is 3.57 Å². The van der Waals surface area contributed by atoms with Gasteiger partial charge in [0.25, 0.3) is 0 Å². The predicted octanol–water partition coefficient (Wildman–Crippen LogP) is 3.56. The van der Waals surface area contributed by atoms with Crippen LogP contribution in [0.3, 0.4) is 0 Å². The summed E-state index contributed by atoms with van der Waals surface area (Å²) in [6.45, 7) is 0.0341. The number of benzene rings is 2. The van der Waals surface area contributed by atoms with E-state index in [1.807, 2.05) is 24.3 Å². The second-order valence-corrected chi connectivity index (χ2v) is 5.03. The van der Waals surface area contributed by atoms with Crippen molar-refractivity contribution in [1.82, 2.24) is 0 Å². The lowest BCUT2D eigenvalue weighted by Gasteiger charge is -2.07. The number of rotatable bonds is 5. The Morgan fingerprint density at radius 1 is 1.11 bits per heavy atom. The summed E-state index contributed by atoms with van der Waals surface area (Å²) in [5, 5.41) is 0. The fraction of sp³-hybridized carbons (Fsp3) is 0.133. The highest BCUT2D eigenvalue weighted by Crippen LogP contribution is 2.20. The summed E-state index contributed by atoms with van der Waals surface area (Å²) >= 11 is 2.18. The number of halogens is 1. The number of Topliss-reactive ketones (excluding diaryl/α,β-unsaturated/α-hetero) is 1. The molecule has 0 N–H and O–H groups in total. The van der Waals surface area contributed by atoms with E-state index in [1.54, 1.807) is 31.4 Å². The van der Waals surface area contributed by atoms with E-state index in [4.69, 9.17) is 9.47 Å². The zero-order valence-electron chi connectivity index (χ0n) is 10.4. The van der Waals surface area contributed by atoms with Gasteiger partial charge in [-0.15, -0.1) is 0 Å². The normalized spacial score (nSPS) is 10.0. The van der Waals surface area contributed by atoms with E-state index in [2.05, 4.69) is 22.6 Å². The highest BCUT2D eigenvalue weighted by atomic mass is 127. The summed E-state index contributed by atoms with van der Waals surface area (Å²) in [4.78, 5) is 12.0. The Balaban J connectivity index is 1.99. The van der Waals surface area contributed by atoms with Gasteiger partial charge in [-0.2, -0.15) is 0 Å². The Hall–Kier alpha value is -1.56. The van der Waals surface area contributed by atoms with Gasteiger partial charge in [0.2, 0.25) is 0 Å². The predicted molar refractivity (Wildman–Crippen MR) is 82.0 cm³/mol. The first-order valence-electron chi connectivity index (χ1n) is 5.75. The summed E-state index contributed by atoms with van der Waals surface area (Å²) in [5.74, 6) is 1.40. The van der Waals surface area contributed by atoms with E-state index in [-0.39, 0.29) is 12.4 Å². The average Bonchev–Trinajstić information content (AvgIpc) is 2.46. The fourth-order valence-corrected chi connectivity index (χ4v) is 2.11. The van der Waals surface area contributed by atoms with Gasteiger partial charge >= 0.3 is 0 Å². The Morgan fingerprint density at radius 3 is 2.42 bits per heavy atom. The second-order valence-electron chi connectivity index (χ2n) is 3.87. The average molecular weight is 368 g/mol. The van der Waals surface area contributed by atoms with Gasteiger partial charge in [-0.3, -0.25) is 4.79 Å². The number of ketones is 1. The van der Waals surface area contributed by atoms with E-state index >= 15 is 0 Å². The summed E-state index contributed by atoms with van der Waals surface area (Å²) < 4.78 is 11.6. The van der Waals surface area contributed by atoms with E-state index in [0.717, 1.165) is 15.1 Å². The molecule has 4 heteroatoms. The first-order valence-corrected chi connectivity index (χ1v) is 6.83. The Morgan fingerprint density at radius 2 is 1.79 bits per heavy atom. The quantitative estimate of drug-likeness (QED) is 0.598. The van der Waals surface area contributed by atoms with Crippen molar-refractivity contribution in [1.29, 1.82) is 0 Å². The number of para-hydroxylation sites is 1. The van der Waals surface area contributed by atoms with Gasteiger partial charge in [-0.1, -0.05) is 12.1 Å². The first kappa shape index (κ1) is 13.9. The molecule has 0 atom stereocenters. The largest absolute Gasteiger partial charge is 0.497 e. The molecule has 0 aliphatic rings. The van der Waals surface area contributed by atoms with Crippen molar-refractivity contribution < 1.29 is 14.3 Å². The maximum absolute atomic E-state index is 12.0. The molecule has 0 heterocycles. The van der Waals surface area contributed by atoms with Crippen molar-refractivity contribution in [3.05, 3.63) is 57.7 Å². The van der Waals surface area contributed by atoms with Crippen molar-refractivity contribution in [2.75, 3.05) is 13.7 Å². The third kappa shape index (κ3) is 3.70. The highest BCUT2D eigenvalue weighted by molar-refractivity contribution is 14.1. The minimum Gasteiger partial charge on any atom is -0.497 e. The van der Waals surface area contributed by atoms with Gasteiger partial charge in [-0.25, -0.2) is 0 Å². The van der Waals surface area contributed by atoms with Crippen LogP contribution in [-0.2, 0) is 0 Å².